The van der Waals surface area contributed by atoms with Crippen molar-refractivity contribution in [2.24, 2.45) is 11.8 Å². The van der Waals surface area contributed by atoms with Gasteiger partial charge in [0.2, 0.25) is 11.8 Å². The molecule has 3 heterocycles. The highest BCUT2D eigenvalue weighted by Crippen LogP contribution is 2.26. The molecule has 0 aromatic carbocycles. The number of carbonyl (C=O) groups is 2. The van der Waals surface area contributed by atoms with Crippen LogP contribution in [0.3, 0.4) is 0 Å². The van der Waals surface area contributed by atoms with Gasteiger partial charge in [-0.1, -0.05) is 13.8 Å². The van der Waals surface area contributed by atoms with Crippen LogP contribution in [0.1, 0.15) is 31.6 Å². The Kier molecular flexibility index (Phi) is 7.31. The average Bonchev–Trinajstić information content (AvgIpc) is 3.22. The molecule has 2 aliphatic rings. The van der Waals surface area contributed by atoms with E-state index in [0.29, 0.717) is 39.4 Å². The molecule has 1 N–H and O–H groups in total. The molecule has 2 aliphatic heterocycles. The summed E-state index contributed by atoms with van der Waals surface area (Å²) < 4.78 is 32.3. The Morgan fingerprint density at radius 1 is 1.24 bits per heavy atom. The molecule has 29 heavy (non-hydrogen) atoms. The first kappa shape index (κ1) is 22.2. The first-order valence-electron chi connectivity index (χ1n) is 10.0. The van der Waals surface area contributed by atoms with Crippen molar-refractivity contribution < 1.29 is 22.7 Å². The summed E-state index contributed by atoms with van der Waals surface area (Å²) in [6.45, 7) is 6.71. The van der Waals surface area contributed by atoms with Crippen LogP contribution >= 0.6 is 11.3 Å². The summed E-state index contributed by atoms with van der Waals surface area (Å²) >= 11 is 1.18. The highest BCUT2D eigenvalue weighted by atomic mass is 32.2. The maximum absolute atomic E-state index is 12.7. The van der Waals surface area contributed by atoms with E-state index in [2.05, 4.69) is 5.32 Å². The lowest BCUT2D eigenvalue weighted by Gasteiger charge is -2.33. The van der Waals surface area contributed by atoms with Crippen molar-refractivity contribution in [1.82, 2.24) is 14.5 Å². The van der Waals surface area contributed by atoms with Gasteiger partial charge in [-0.15, -0.1) is 11.3 Å². The first-order valence-corrected chi connectivity index (χ1v) is 12.3. The second-order valence-corrected chi connectivity index (χ2v) is 11.1. The number of hydrogen-bond donors (Lipinski definition) is 1. The van der Waals surface area contributed by atoms with Gasteiger partial charge in [0.1, 0.15) is 4.21 Å². The Morgan fingerprint density at radius 2 is 1.97 bits per heavy atom. The number of morpholine rings is 1. The molecule has 2 fully saturated rings. The topological polar surface area (TPSA) is 96.0 Å². The van der Waals surface area contributed by atoms with Crippen LogP contribution < -0.4 is 5.32 Å². The van der Waals surface area contributed by atoms with E-state index in [1.165, 1.54) is 15.6 Å². The van der Waals surface area contributed by atoms with Gasteiger partial charge in [0, 0.05) is 37.0 Å². The number of carbonyl (C=O) groups excluding carboxylic acids is 2. The molecule has 3 rings (SSSR count). The monoisotopic (exact) mass is 443 g/mol. The van der Waals surface area contributed by atoms with Crippen LogP contribution in [0.4, 0.5) is 0 Å². The molecule has 2 amide bonds. The summed E-state index contributed by atoms with van der Waals surface area (Å²) in [5.74, 6) is -0.298. The van der Waals surface area contributed by atoms with E-state index >= 15 is 0 Å². The molecular formula is C19H29N3O5S2. The first-order chi connectivity index (χ1) is 13.8. The van der Waals surface area contributed by atoms with Crippen molar-refractivity contribution in [3.8, 4) is 0 Å². The number of amides is 2. The van der Waals surface area contributed by atoms with Gasteiger partial charge in [-0.3, -0.25) is 9.59 Å². The van der Waals surface area contributed by atoms with Crippen LogP contribution in [0.5, 0.6) is 0 Å². The minimum atomic E-state index is -3.51. The molecule has 8 nitrogen and oxygen atoms in total. The fraction of sp³-hybridized carbons (Fsp3) is 0.684. The number of likely N-dealkylation sites (tertiary alicyclic amines) is 1. The molecule has 1 aromatic rings. The van der Waals surface area contributed by atoms with Gasteiger partial charge >= 0.3 is 0 Å². The third-order valence-electron chi connectivity index (χ3n) is 5.24. The van der Waals surface area contributed by atoms with Crippen molar-refractivity contribution in [3.05, 3.63) is 17.0 Å². The standard InChI is InChI=1S/C19H29N3O5S2/c1-14(2)19(24)21-7-3-4-15(13-21)18(23)20-12-16-5-6-17(28-16)29(25,26)22-8-10-27-11-9-22/h5-6,14-15H,3-4,7-13H2,1-2H3,(H,20,23). The number of sulfonamides is 1. The van der Waals surface area contributed by atoms with Crippen molar-refractivity contribution in [2.45, 2.75) is 37.4 Å². The predicted octanol–water partition coefficient (Wildman–Crippen LogP) is 1.28. The summed E-state index contributed by atoms with van der Waals surface area (Å²) in [7, 11) is -3.51. The lowest BCUT2D eigenvalue weighted by molar-refractivity contribution is -0.138. The van der Waals surface area contributed by atoms with Crippen molar-refractivity contribution in [1.29, 1.82) is 0 Å². The average molecular weight is 444 g/mol. The molecule has 0 saturated carbocycles. The Morgan fingerprint density at radius 3 is 2.66 bits per heavy atom. The molecule has 10 heteroatoms. The fourth-order valence-corrected chi connectivity index (χ4v) is 6.44. The number of nitrogens with one attached hydrogen (secondary N) is 1. The van der Waals surface area contributed by atoms with E-state index in [1.54, 1.807) is 17.0 Å². The highest BCUT2D eigenvalue weighted by Gasteiger charge is 2.30. The normalized spacial score (nSPS) is 21.3. The van der Waals surface area contributed by atoms with E-state index < -0.39 is 10.0 Å². The second-order valence-electron chi connectivity index (χ2n) is 7.73. The quantitative estimate of drug-likeness (QED) is 0.715. The Balaban J connectivity index is 1.55. The zero-order valence-corrected chi connectivity index (χ0v) is 18.6. The lowest BCUT2D eigenvalue weighted by atomic mass is 9.96. The Hall–Kier alpha value is -1.49. The number of thiophene rings is 1. The summed E-state index contributed by atoms with van der Waals surface area (Å²) in [6, 6.07) is 3.34. The van der Waals surface area contributed by atoms with Crippen LogP contribution in [0.15, 0.2) is 16.3 Å². The molecule has 1 unspecified atom stereocenters. The highest BCUT2D eigenvalue weighted by molar-refractivity contribution is 7.91. The Bertz CT molecular complexity index is 831. The zero-order valence-electron chi connectivity index (χ0n) is 16.9. The van der Waals surface area contributed by atoms with Gasteiger partial charge in [-0.05, 0) is 25.0 Å². The third kappa shape index (κ3) is 5.36. The molecule has 0 bridgehead atoms. The van der Waals surface area contributed by atoms with Crippen molar-refractivity contribution in [2.75, 3.05) is 39.4 Å². The molecule has 1 aromatic heterocycles. The molecule has 2 saturated heterocycles. The fourth-order valence-electron chi connectivity index (χ4n) is 3.58. The number of piperidine rings is 1. The maximum Gasteiger partial charge on any atom is 0.252 e. The predicted molar refractivity (Wildman–Crippen MR) is 110 cm³/mol. The summed E-state index contributed by atoms with van der Waals surface area (Å²) in [5.41, 5.74) is 0. The van der Waals surface area contributed by atoms with Crippen LogP contribution in [-0.4, -0.2) is 68.8 Å². The van der Waals surface area contributed by atoms with Crippen LogP contribution in [0.2, 0.25) is 0 Å². The number of rotatable bonds is 6. The molecule has 0 aliphatic carbocycles. The molecule has 0 radical (unpaired) electrons. The zero-order chi connectivity index (χ0) is 21.0. The minimum absolute atomic E-state index is 0.0743. The summed E-state index contributed by atoms with van der Waals surface area (Å²) in [5, 5.41) is 2.91. The number of ether oxygens (including phenoxy) is 1. The lowest BCUT2D eigenvalue weighted by Crippen LogP contribution is -2.46. The van der Waals surface area contributed by atoms with E-state index in [4.69, 9.17) is 4.74 Å². The van der Waals surface area contributed by atoms with Crippen LogP contribution in [-0.2, 0) is 30.9 Å². The van der Waals surface area contributed by atoms with Crippen molar-refractivity contribution in [3.63, 3.8) is 0 Å². The van der Waals surface area contributed by atoms with E-state index in [9.17, 15) is 18.0 Å². The van der Waals surface area contributed by atoms with Crippen LogP contribution in [0, 0.1) is 11.8 Å². The molecular weight excluding hydrogens is 414 g/mol. The molecule has 0 spiro atoms. The SMILES string of the molecule is CC(C)C(=O)N1CCCC(C(=O)NCc2ccc(S(=O)(=O)N3CCOCC3)s2)C1. The van der Waals surface area contributed by atoms with Gasteiger partial charge in [-0.2, -0.15) is 4.31 Å². The van der Waals surface area contributed by atoms with Gasteiger partial charge in [0.15, 0.2) is 0 Å². The molecule has 1 atom stereocenters. The van der Waals surface area contributed by atoms with E-state index in [1.807, 2.05) is 13.8 Å². The number of nitrogens with zero attached hydrogens (tertiary/aromatic N) is 2. The minimum Gasteiger partial charge on any atom is -0.379 e. The van der Waals surface area contributed by atoms with Gasteiger partial charge in [0.05, 0.1) is 25.7 Å². The summed E-state index contributed by atoms with van der Waals surface area (Å²) in [6.07, 6.45) is 1.58. The van der Waals surface area contributed by atoms with Gasteiger partial charge in [0.25, 0.3) is 10.0 Å². The Labute approximate surface area is 176 Å². The van der Waals surface area contributed by atoms with Crippen molar-refractivity contribution >= 4 is 33.2 Å². The molecule has 162 valence electrons. The maximum atomic E-state index is 12.7. The second kappa shape index (κ2) is 9.55. The smallest absolute Gasteiger partial charge is 0.252 e. The van der Waals surface area contributed by atoms with E-state index in [-0.39, 0.29) is 34.4 Å². The van der Waals surface area contributed by atoms with Crippen LogP contribution in [0.25, 0.3) is 0 Å². The van der Waals surface area contributed by atoms with Gasteiger partial charge < -0.3 is 15.0 Å². The van der Waals surface area contributed by atoms with Gasteiger partial charge in [-0.25, -0.2) is 8.42 Å². The number of hydrogen-bond acceptors (Lipinski definition) is 6. The largest absolute Gasteiger partial charge is 0.379 e. The van der Waals surface area contributed by atoms with E-state index in [0.717, 1.165) is 17.7 Å². The summed E-state index contributed by atoms with van der Waals surface area (Å²) in [4.78, 5) is 27.3. The third-order valence-corrected chi connectivity index (χ3v) is 8.69.